The van der Waals surface area contributed by atoms with Gasteiger partial charge >= 0.3 is 5.97 Å². The summed E-state index contributed by atoms with van der Waals surface area (Å²) in [7, 11) is 1.58. The Morgan fingerprint density at radius 2 is 2.05 bits per heavy atom. The Balaban J connectivity index is 2.77. The number of carbonyl (C=O) groups excluding carboxylic acids is 1. The minimum absolute atomic E-state index is 0.319. The van der Waals surface area contributed by atoms with Crippen LogP contribution < -0.4 is 10.1 Å². The number of thioether (sulfide) groups is 1. The molecule has 6 heteroatoms. The molecule has 0 radical (unpaired) electrons. The van der Waals surface area contributed by atoms with E-state index < -0.39 is 16.8 Å². The molecule has 110 valence electrons. The van der Waals surface area contributed by atoms with E-state index in [1.807, 2.05) is 24.3 Å². The lowest BCUT2D eigenvalue weighted by molar-refractivity contribution is -0.141. The van der Waals surface area contributed by atoms with Crippen LogP contribution in [0.1, 0.15) is 20.8 Å². The topological polar surface area (TPSA) is 75.6 Å². The van der Waals surface area contributed by atoms with Gasteiger partial charge < -0.3 is 15.2 Å². The Kier molecular flexibility index (Phi) is 5.44. The Labute approximate surface area is 122 Å². The highest BCUT2D eigenvalue weighted by Crippen LogP contribution is 2.34. The molecule has 0 bridgehead atoms. The minimum Gasteiger partial charge on any atom is -0.497 e. The van der Waals surface area contributed by atoms with Gasteiger partial charge in [-0.3, -0.25) is 9.59 Å². The van der Waals surface area contributed by atoms with E-state index in [1.54, 1.807) is 21.0 Å². The van der Waals surface area contributed by atoms with Crippen molar-refractivity contribution < 1.29 is 19.4 Å². The second-order valence-corrected chi connectivity index (χ2v) is 6.52. The molecular formula is C14H19NO4S. The van der Waals surface area contributed by atoms with E-state index in [1.165, 1.54) is 18.7 Å². The molecule has 0 heterocycles. The molecule has 1 unspecified atom stereocenters. The van der Waals surface area contributed by atoms with Gasteiger partial charge in [-0.25, -0.2) is 0 Å². The first-order valence-corrected chi connectivity index (χ1v) is 6.95. The van der Waals surface area contributed by atoms with Gasteiger partial charge in [0.15, 0.2) is 0 Å². The van der Waals surface area contributed by atoms with E-state index in [9.17, 15) is 9.59 Å². The minimum atomic E-state index is -1.06. The number of benzene rings is 1. The molecule has 1 amide bonds. The summed E-state index contributed by atoms with van der Waals surface area (Å²) in [6, 6.07) is 6.47. The fraction of sp³-hybridized carbons (Fsp3) is 0.429. The lowest BCUT2D eigenvalue weighted by Gasteiger charge is -2.24. The van der Waals surface area contributed by atoms with Crippen molar-refractivity contribution in [2.75, 3.05) is 7.11 Å². The molecule has 1 rings (SSSR count). The molecule has 1 aromatic rings. The molecule has 0 saturated carbocycles. The maximum Gasteiger partial charge on any atom is 0.325 e. The molecule has 2 N–H and O–H groups in total. The molecule has 0 spiro atoms. The number of hydrogen-bond donors (Lipinski definition) is 2. The van der Waals surface area contributed by atoms with Gasteiger partial charge in [-0.05, 0) is 39.0 Å². The number of amides is 1. The molecular weight excluding hydrogens is 278 g/mol. The SMILES string of the molecule is COc1cccc(SC(C)(C)C(=O)NC(C)C(=O)O)c1. The van der Waals surface area contributed by atoms with Crippen LogP contribution in [0.25, 0.3) is 0 Å². The van der Waals surface area contributed by atoms with Crippen molar-refractivity contribution in [1.82, 2.24) is 5.32 Å². The summed E-state index contributed by atoms with van der Waals surface area (Å²) >= 11 is 1.35. The smallest absolute Gasteiger partial charge is 0.325 e. The van der Waals surface area contributed by atoms with E-state index in [0.717, 1.165) is 4.90 Å². The number of nitrogens with one attached hydrogen (secondary N) is 1. The van der Waals surface area contributed by atoms with Crippen LogP contribution >= 0.6 is 11.8 Å². The molecule has 0 aliphatic heterocycles. The van der Waals surface area contributed by atoms with Crippen LogP contribution in [-0.4, -0.2) is 34.9 Å². The predicted octanol–water partition coefficient (Wildman–Crippen LogP) is 2.16. The quantitative estimate of drug-likeness (QED) is 0.787. The predicted molar refractivity (Wildman–Crippen MR) is 78.2 cm³/mol. The fourth-order valence-electron chi connectivity index (χ4n) is 1.44. The second-order valence-electron chi connectivity index (χ2n) is 4.82. The third-order valence-corrected chi connectivity index (χ3v) is 3.86. The number of aliphatic carboxylic acids is 1. The molecule has 0 aromatic heterocycles. The van der Waals surface area contributed by atoms with Crippen LogP contribution in [0.2, 0.25) is 0 Å². The van der Waals surface area contributed by atoms with Crippen molar-refractivity contribution in [3.05, 3.63) is 24.3 Å². The molecule has 0 saturated heterocycles. The van der Waals surface area contributed by atoms with Crippen molar-refractivity contribution in [3.63, 3.8) is 0 Å². The van der Waals surface area contributed by atoms with Gasteiger partial charge in [0.25, 0.3) is 0 Å². The lowest BCUT2D eigenvalue weighted by atomic mass is 10.2. The van der Waals surface area contributed by atoms with Gasteiger partial charge in [0.05, 0.1) is 11.9 Å². The van der Waals surface area contributed by atoms with Crippen molar-refractivity contribution in [3.8, 4) is 5.75 Å². The average molecular weight is 297 g/mol. The molecule has 0 aliphatic carbocycles. The van der Waals surface area contributed by atoms with E-state index >= 15 is 0 Å². The molecule has 5 nitrogen and oxygen atoms in total. The number of ether oxygens (including phenoxy) is 1. The highest BCUT2D eigenvalue weighted by molar-refractivity contribution is 8.01. The molecule has 20 heavy (non-hydrogen) atoms. The number of hydrogen-bond acceptors (Lipinski definition) is 4. The Bertz CT molecular complexity index is 502. The summed E-state index contributed by atoms with van der Waals surface area (Å²) < 4.78 is 4.35. The lowest BCUT2D eigenvalue weighted by Crippen LogP contribution is -2.46. The third kappa shape index (κ3) is 4.45. The Morgan fingerprint density at radius 3 is 2.60 bits per heavy atom. The van der Waals surface area contributed by atoms with Gasteiger partial charge in [-0.1, -0.05) is 6.07 Å². The highest BCUT2D eigenvalue weighted by Gasteiger charge is 2.31. The zero-order valence-electron chi connectivity index (χ0n) is 12.0. The maximum absolute atomic E-state index is 12.1. The van der Waals surface area contributed by atoms with Crippen LogP contribution in [0, 0.1) is 0 Å². The average Bonchev–Trinajstić information content (AvgIpc) is 2.38. The van der Waals surface area contributed by atoms with Gasteiger partial charge in [0.2, 0.25) is 5.91 Å². The van der Waals surface area contributed by atoms with Crippen molar-refractivity contribution in [1.29, 1.82) is 0 Å². The van der Waals surface area contributed by atoms with Gasteiger partial charge in [-0.2, -0.15) is 0 Å². The molecule has 0 aliphatic rings. The monoisotopic (exact) mass is 297 g/mol. The van der Waals surface area contributed by atoms with Gasteiger partial charge in [0.1, 0.15) is 11.8 Å². The van der Waals surface area contributed by atoms with Crippen molar-refractivity contribution >= 4 is 23.6 Å². The normalized spacial score (nSPS) is 12.6. The Hall–Kier alpha value is -1.69. The van der Waals surface area contributed by atoms with Crippen LogP contribution in [0.15, 0.2) is 29.2 Å². The van der Waals surface area contributed by atoms with Crippen LogP contribution in [0.5, 0.6) is 5.75 Å². The largest absolute Gasteiger partial charge is 0.497 e. The first kappa shape index (κ1) is 16.4. The summed E-state index contributed by atoms with van der Waals surface area (Å²) in [5, 5.41) is 11.3. The fourth-order valence-corrected chi connectivity index (χ4v) is 2.50. The zero-order chi connectivity index (χ0) is 15.3. The van der Waals surface area contributed by atoms with Crippen molar-refractivity contribution in [2.45, 2.75) is 36.5 Å². The molecule has 1 atom stereocenters. The van der Waals surface area contributed by atoms with Crippen molar-refractivity contribution in [2.24, 2.45) is 0 Å². The summed E-state index contributed by atoms with van der Waals surface area (Å²) in [4.78, 5) is 23.8. The number of rotatable bonds is 6. The summed E-state index contributed by atoms with van der Waals surface area (Å²) in [6.07, 6.45) is 0. The number of carbonyl (C=O) groups is 2. The standard InChI is InChI=1S/C14H19NO4S/c1-9(12(16)17)15-13(18)14(2,3)20-11-7-5-6-10(8-11)19-4/h5-9H,1-4H3,(H,15,18)(H,16,17). The van der Waals surface area contributed by atoms with E-state index in [4.69, 9.17) is 9.84 Å². The third-order valence-electron chi connectivity index (χ3n) is 2.68. The number of methoxy groups -OCH3 is 1. The number of carboxylic acid groups (broad SMARTS) is 1. The zero-order valence-corrected chi connectivity index (χ0v) is 12.8. The Morgan fingerprint density at radius 1 is 1.40 bits per heavy atom. The number of carboxylic acids is 1. The van der Waals surface area contributed by atoms with E-state index in [0.29, 0.717) is 5.75 Å². The highest BCUT2D eigenvalue weighted by atomic mass is 32.2. The second kappa shape index (κ2) is 6.65. The summed E-state index contributed by atoms with van der Waals surface area (Å²) in [6.45, 7) is 4.94. The van der Waals surface area contributed by atoms with E-state index in [-0.39, 0.29) is 5.91 Å². The first-order valence-electron chi connectivity index (χ1n) is 6.13. The van der Waals surface area contributed by atoms with Gasteiger partial charge in [0, 0.05) is 4.90 Å². The van der Waals surface area contributed by atoms with Crippen LogP contribution in [-0.2, 0) is 9.59 Å². The molecule has 0 fully saturated rings. The van der Waals surface area contributed by atoms with Gasteiger partial charge in [-0.15, -0.1) is 11.8 Å². The summed E-state index contributed by atoms with van der Waals surface area (Å²) in [5.41, 5.74) is 0. The van der Waals surface area contributed by atoms with Crippen LogP contribution in [0.3, 0.4) is 0 Å². The molecule has 1 aromatic carbocycles. The summed E-state index contributed by atoms with van der Waals surface area (Å²) in [5.74, 6) is -0.661. The van der Waals surface area contributed by atoms with Crippen LogP contribution in [0.4, 0.5) is 0 Å². The van der Waals surface area contributed by atoms with E-state index in [2.05, 4.69) is 5.32 Å². The maximum atomic E-state index is 12.1. The first-order chi connectivity index (χ1) is 9.26.